The van der Waals surface area contributed by atoms with E-state index in [1.54, 1.807) is 18.4 Å². The third kappa shape index (κ3) is 1.49. The number of rotatable bonds is 1. The van der Waals surface area contributed by atoms with Gasteiger partial charge in [0.2, 0.25) is 6.29 Å². The van der Waals surface area contributed by atoms with E-state index in [1.807, 2.05) is 28.7 Å². The van der Waals surface area contributed by atoms with Crippen LogP contribution in [0.2, 0.25) is 5.02 Å². The van der Waals surface area contributed by atoms with Gasteiger partial charge in [-0.05, 0) is 34.7 Å². The lowest BCUT2D eigenvalue weighted by atomic mass is 10.2. The Morgan fingerprint density at radius 3 is 2.60 bits per heavy atom. The second kappa shape index (κ2) is 3.34. The molecule has 0 aliphatic rings. The molecule has 0 aliphatic heterocycles. The van der Waals surface area contributed by atoms with Gasteiger partial charge in [0.15, 0.2) is 0 Å². The summed E-state index contributed by atoms with van der Waals surface area (Å²) in [5.74, 6) is 0. The van der Waals surface area contributed by atoms with Crippen LogP contribution in [-0.2, 0) is 4.79 Å². The highest BCUT2D eigenvalue weighted by molar-refractivity contribution is 14.1. The molecule has 0 saturated carbocycles. The van der Waals surface area contributed by atoms with E-state index < -0.39 is 0 Å². The van der Waals surface area contributed by atoms with Crippen molar-refractivity contribution in [3.8, 4) is 0 Å². The molecule has 1 radical (unpaired) electrons. The smallest absolute Gasteiger partial charge is 0.236 e. The summed E-state index contributed by atoms with van der Waals surface area (Å²) >= 11 is 7.70. The molecule has 0 fully saturated rings. The average molecular weight is 265 g/mol. The molecule has 0 spiro atoms. The highest BCUT2D eigenvalue weighted by Gasteiger charge is 2.02. The molecule has 1 aromatic rings. The van der Waals surface area contributed by atoms with Gasteiger partial charge in [0.05, 0.1) is 10.6 Å². The molecule has 0 bridgehead atoms. The normalized spacial score (nSPS) is 9.40. The van der Waals surface area contributed by atoms with Crippen LogP contribution in [0.4, 0.5) is 0 Å². The molecule has 0 atom stereocenters. The lowest BCUT2D eigenvalue weighted by Gasteiger charge is -1.95. The first kappa shape index (κ1) is 8.01. The van der Waals surface area contributed by atoms with Crippen molar-refractivity contribution < 1.29 is 4.79 Å². The van der Waals surface area contributed by atoms with Crippen LogP contribution in [0.1, 0.15) is 5.56 Å². The quantitative estimate of drug-likeness (QED) is 0.713. The van der Waals surface area contributed by atoms with Gasteiger partial charge in [-0.3, -0.25) is 4.79 Å². The molecule has 0 N–H and O–H groups in total. The van der Waals surface area contributed by atoms with E-state index in [1.165, 1.54) is 0 Å². The summed E-state index contributed by atoms with van der Waals surface area (Å²) in [5, 5.41) is 0.460. The fourth-order valence-electron chi connectivity index (χ4n) is 0.595. The van der Waals surface area contributed by atoms with E-state index in [0.29, 0.717) is 10.6 Å². The molecule has 1 rings (SSSR count). The minimum absolute atomic E-state index is 0.449. The summed E-state index contributed by atoms with van der Waals surface area (Å²) in [7, 11) is 0. The van der Waals surface area contributed by atoms with E-state index in [2.05, 4.69) is 0 Å². The van der Waals surface area contributed by atoms with Gasteiger partial charge < -0.3 is 0 Å². The van der Waals surface area contributed by atoms with E-state index in [0.717, 1.165) is 3.57 Å². The first-order valence-electron chi connectivity index (χ1n) is 2.58. The van der Waals surface area contributed by atoms with Crippen LogP contribution in [0.25, 0.3) is 0 Å². The lowest BCUT2D eigenvalue weighted by Crippen LogP contribution is -1.85. The maximum Gasteiger partial charge on any atom is 0.236 e. The molecule has 0 aromatic heterocycles. The molecule has 3 heteroatoms. The zero-order chi connectivity index (χ0) is 7.56. The highest BCUT2D eigenvalue weighted by Crippen LogP contribution is 2.18. The molecule has 1 aromatic carbocycles. The predicted molar refractivity (Wildman–Crippen MR) is 49.0 cm³/mol. The van der Waals surface area contributed by atoms with Gasteiger partial charge in [-0.1, -0.05) is 17.7 Å². The van der Waals surface area contributed by atoms with Crippen molar-refractivity contribution in [1.82, 2.24) is 0 Å². The Bertz CT molecular complexity index is 240. The summed E-state index contributed by atoms with van der Waals surface area (Å²) in [5.41, 5.74) is 0.449. The summed E-state index contributed by atoms with van der Waals surface area (Å²) in [6.07, 6.45) is 1.77. The molecular formula is C7H3ClIO. The minimum Gasteiger partial charge on any atom is -0.285 e. The van der Waals surface area contributed by atoms with Crippen LogP contribution in [0, 0.1) is 3.57 Å². The number of hydrogen-bond acceptors (Lipinski definition) is 1. The number of halogens is 2. The standard InChI is InChI=1S/C7H3ClIO/c8-6-2-1-3-7(9)5(6)4-10/h1-3H. The molecule has 0 heterocycles. The molecule has 0 aliphatic carbocycles. The predicted octanol–water partition coefficient (Wildman–Crippen LogP) is 2.40. The topological polar surface area (TPSA) is 17.1 Å². The SMILES string of the molecule is O=[C]c1c(Cl)cccc1I. The van der Waals surface area contributed by atoms with E-state index in [-0.39, 0.29) is 0 Å². The van der Waals surface area contributed by atoms with Gasteiger partial charge in [-0.2, -0.15) is 0 Å². The maximum atomic E-state index is 10.2. The molecule has 0 amide bonds. The van der Waals surface area contributed by atoms with Crippen molar-refractivity contribution in [3.05, 3.63) is 32.4 Å². The Morgan fingerprint density at radius 1 is 1.50 bits per heavy atom. The second-order valence-corrected chi connectivity index (χ2v) is 3.27. The highest BCUT2D eigenvalue weighted by atomic mass is 127. The molecule has 0 saturated heterocycles. The molecule has 1 nitrogen and oxygen atoms in total. The van der Waals surface area contributed by atoms with Crippen molar-refractivity contribution in [3.63, 3.8) is 0 Å². The van der Waals surface area contributed by atoms with Gasteiger partial charge in [-0.25, -0.2) is 0 Å². The summed E-state index contributed by atoms with van der Waals surface area (Å²) < 4.78 is 0.833. The second-order valence-electron chi connectivity index (χ2n) is 1.70. The number of benzene rings is 1. The third-order valence-electron chi connectivity index (χ3n) is 1.06. The van der Waals surface area contributed by atoms with Crippen LogP contribution in [0.5, 0.6) is 0 Å². The summed E-state index contributed by atoms with van der Waals surface area (Å²) in [4.78, 5) is 10.2. The summed E-state index contributed by atoms with van der Waals surface area (Å²) in [6.45, 7) is 0. The maximum absolute atomic E-state index is 10.2. The first-order valence-corrected chi connectivity index (χ1v) is 4.03. The number of carbonyl (C=O) groups excluding carboxylic acids is 1. The average Bonchev–Trinajstić information content (AvgIpc) is 1.88. The molecule has 0 unspecified atom stereocenters. The Labute approximate surface area is 77.5 Å². The Hall–Kier alpha value is -0.0900. The van der Waals surface area contributed by atoms with Crippen LogP contribution < -0.4 is 0 Å². The van der Waals surface area contributed by atoms with Gasteiger partial charge in [-0.15, -0.1) is 0 Å². The van der Waals surface area contributed by atoms with Crippen molar-refractivity contribution in [2.45, 2.75) is 0 Å². The molecule has 10 heavy (non-hydrogen) atoms. The van der Waals surface area contributed by atoms with Crippen LogP contribution in [0.15, 0.2) is 18.2 Å². The largest absolute Gasteiger partial charge is 0.285 e. The fraction of sp³-hybridized carbons (Fsp3) is 0. The van der Waals surface area contributed by atoms with E-state index >= 15 is 0 Å². The molecular weight excluding hydrogens is 262 g/mol. The lowest BCUT2D eigenvalue weighted by molar-refractivity contribution is 0.562. The van der Waals surface area contributed by atoms with Gasteiger partial charge in [0, 0.05) is 3.57 Å². The van der Waals surface area contributed by atoms with Crippen LogP contribution >= 0.6 is 34.2 Å². The zero-order valence-corrected chi connectivity index (χ0v) is 7.81. The van der Waals surface area contributed by atoms with Gasteiger partial charge in [0.25, 0.3) is 0 Å². The minimum atomic E-state index is 0.449. The Balaban J connectivity index is 3.30. The van der Waals surface area contributed by atoms with Crippen molar-refractivity contribution in [1.29, 1.82) is 0 Å². The van der Waals surface area contributed by atoms with Crippen LogP contribution in [0.3, 0.4) is 0 Å². The number of hydrogen-bond donors (Lipinski definition) is 0. The van der Waals surface area contributed by atoms with Gasteiger partial charge in [0.1, 0.15) is 0 Å². The summed E-state index contributed by atoms with van der Waals surface area (Å²) in [6, 6.07) is 5.28. The third-order valence-corrected chi connectivity index (χ3v) is 2.28. The van der Waals surface area contributed by atoms with E-state index in [4.69, 9.17) is 11.6 Å². The van der Waals surface area contributed by atoms with E-state index in [9.17, 15) is 4.79 Å². The fourth-order valence-corrected chi connectivity index (χ4v) is 1.58. The van der Waals surface area contributed by atoms with Crippen molar-refractivity contribution in [2.75, 3.05) is 0 Å². The van der Waals surface area contributed by atoms with Crippen LogP contribution in [-0.4, -0.2) is 6.29 Å². The Kier molecular flexibility index (Phi) is 2.68. The first-order chi connectivity index (χ1) is 4.75. The molecule has 51 valence electrons. The van der Waals surface area contributed by atoms with Crippen molar-refractivity contribution >= 4 is 40.5 Å². The van der Waals surface area contributed by atoms with Crippen molar-refractivity contribution in [2.24, 2.45) is 0 Å². The Morgan fingerprint density at radius 2 is 2.20 bits per heavy atom. The van der Waals surface area contributed by atoms with Gasteiger partial charge >= 0.3 is 0 Å². The zero-order valence-electron chi connectivity index (χ0n) is 4.90. The monoisotopic (exact) mass is 265 g/mol.